The van der Waals surface area contributed by atoms with Gasteiger partial charge in [-0.3, -0.25) is 4.79 Å². The van der Waals surface area contributed by atoms with Crippen LogP contribution in [-0.4, -0.2) is 33.7 Å². The van der Waals surface area contributed by atoms with Crippen LogP contribution in [0.25, 0.3) is 0 Å². The number of hydrogen-bond acceptors (Lipinski definition) is 6. The van der Waals surface area contributed by atoms with E-state index in [0.717, 1.165) is 12.8 Å². The van der Waals surface area contributed by atoms with Crippen LogP contribution in [0.3, 0.4) is 0 Å². The van der Waals surface area contributed by atoms with Crippen molar-refractivity contribution in [1.29, 1.82) is 0 Å². The molecule has 2 aromatic rings. The number of halogens is 1. The largest absolute Gasteiger partial charge is 0.489 e. The lowest BCUT2D eigenvalue weighted by Gasteiger charge is -2.17. The summed E-state index contributed by atoms with van der Waals surface area (Å²) in [6, 6.07) is 4.27. The molecule has 1 heterocycles. The highest BCUT2D eigenvalue weighted by Crippen LogP contribution is 2.34. The predicted octanol–water partition coefficient (Wildman–Crippen LogP) is 5.41. The Balaban J connectivity index is 1.87. The fourth-order valence-corrected chi connectivity index (χ4v) is 3.90. The smallest absolute Gasteiger partial charge is 0.265 e. The van der Waals surface area contributed by atoms with Gasteiger partial charge in [-0.05, 0) is 65.5 Å². The number of nitrogens with zero attached hydrogens (tertiary/aromatic N) is 3. The molecule has 1 aromatic carbocycles. The third kappa shape index (κ3) is 6.15. The lowest BCUT2D eigenvalue weighted by atomic mass is 10.1. The highest BCUT2D eigenvalue weighted by atomic mass is 19.1. The van der Waals surface area contributed by atoms with Gasteiger partial charge in [0.05, 0.1) is 23.5 Å². The lowest BCUT2D eigenvalue weighted by molar-refractivity contribution is -0.115. The Bertz CT molecular complexity index is 1080. The number of amides is 1. The van der Waals surface area contributed by atoms with Crippen LogP contribution < -0.4 is 15.4 Å². The second-order valence-corrected chi connectivity index (χ2v) is 8.72. The van der Waals surface area contributed by atoms with Gasteiger partial charge in [-0.15, -0.1) is 0 Å². The maximum absolute atomic E-state index is 13.8. The molecule has 2 N–H and O–H groups in total. The molecule has 1 saturated carbocycles. The van der Waals surface area contributed by atoms with Crippen LogP contribution in [0.4, 0.5) is 21.6 Å². The van der Waals surface area contributed by atoms with Gasteiger partial charge in [0.15, 0.2) is 5.82 Å². The van der Waals surface area contributed by atoms with Crippen molar-refractivity contribution in [3.8, 4) is 5.75 Å². The van der Waals surface area contributed by atoms with Crippen LogP contribution in [0.15, 0.2) is 41.2 Å². The molecule has 0 spiro atoms. The third-order valence-corrected chi connectivity index (χ3v) is 5.52. The van der Waals surface area contributed by atoms with Gasteiger partial charge in [0, 0.05) is 6.07 Å². The summed E-state index contributed by atoms with van der Waals surface area (Å²) >= 11 is 0. The summed E-state index contributed by atoms with van der Waals surface area (Å²) in [5.74, 6) is 0.673. The minimum Gasteiger partial charge on any atom is -0.489 e. The van der Waals surface area contributed by atoms with E-state index >= 15 is 0 Å². The number of benzene rings is 1. The maximum Gasteiger partial charge on any atom is 0.265 e. The van der Waals surface area contributed by atoms with E-state index in [0.29, 0.717) is 40.3 Å². The van der Waals surface area contributed by atoms with E-state index in [1.165, 1.54) is 24.0 Å². The van der Waals surface area contributed by atoms with Crippen molar-refractivity contribution in [2.24, 2.45) is 10.9 Å². The van der Waals surface area contributed by atoms with Gasteiger partial charge in [-0.2, -0.15) is 0 Å². The van der Waals surface area contributed by atoms with Crippen molar-refractivity contribution in [2.45, 2.75) is 66.5 Å². The predicted molar refractivity (Wildman–Crippen MR) is 129 cm³/mol. The van der Waals surface area contributed by atoms with Gasteiger partial charge in [0.2, 0.25) is 0 Å². The number of anilines is 2. The zero-order valence-electron chi connectivity index (χ0n) is 20.1. The standard InChI is InChI=1S/C25H32FN5O2/c1-7-18-10-15(4)11-21(18)31-25(32)17(6)29-23-16(5)27-13-28-24(23)30-20-9-8-19(26)12-22(20)33-14(2)3/h7-9,12-15,21H,10-11H2,1-6H3,(H,31,32)(H,27,28,30)/b18-7+,29-17?. The molecule has 1 aromatic heterocycles. The minimum atomic E-state index is -0.400. The van der Waals surface area contributed by atoms with E-state index in [4.69, 9.17) is 4.74 Å². The fraction of sp³-hybridized carbons (Fsp3) is 0.440. The third-order valence-electron chi connectivity index (χ3n) is 5.52. The number of ether oxygens (including phenoxy) is 1. The van der Waals surface area contributed by atoms with Crippen LogP contribution in [0.2, 0.25) is 0 Å². The van der Waals surface area contributed by atoms with E-state index in [-0.39, 0.29) is 18.1 Å². The van der Waals surface area contributed by atoms with Crippen LogP contribution in [-0.2, 0) is 4.79 Å². The molecule has 0 aliphatic heterocycles. The zero-order chi connectivity index (χ0) is 24.1. The molecule has 0 saturated heterocycles. The molecule has 7 nitrogen and oxygen atoms in total. The molecular formula is C25H32FN5O2. The van der Waals surface area contributed by atoms with Crippen LogP contribution in [0, 0.1) is 18.7 Å². The first-order valence-electron chi connectivity index (χ1n) is 11.2. The molecule has 3 rings (SSSR count). The van der Waals surface area contributed by atoms with E-state index in [1.807, 2.05) is 20.8 Å². The SMILES string of the molecule is C/C=C1\CC(C)CC1NC(=O)C(C)=Nc1c(C)ncnc1Nc1ccc(F)cc1OC(C)C. The molecule has 176 valence electrons. The number of aryl methyl sites for hydroxylation is 1. The van der Waals surface area contributed by atoms with E-state index in [2.05, 4.69) is 38.6 Å². The first-order valence-corrected chi connectivity index (χ1v) is 11.2. The first-order chi connectivity index (χ1) is 15.7. The van der Waals surface area contributed by atoms with Gasteiger partial charge in [0.1, 0.15) is 29.3 Å². The topological polar surface area (TPSA) is 88.5 Å². The Labute approximate surface area is 194 Å². The number of rotatable bonds is 7. The molecule has 1 aliphatic carbocycles. The number of hydrogen-bond donors (Lipinski definition) is 2. The Morgan fingerprint density at radius 3 is 2.79 bits per heavy atom. The second-order valence-electron chi connectivity index (χ2n) is 8.72. The molecule has 2 atom stereocenters. The number of nitrogens with one attached hydrogen (secondary N) is 2. The summed E-state index contributed by atoms with van der Waals surface area (Å²) < 4.78 is 19.5. The number of carbonyl (C=O) groups is 1. The van der Waals surface area contributed by atoms with Crippen molar-refractivity contribution in [3.05, 3.63) is 47.7 Å². The Kier molecular flexibility index (Phi) is 7.79. The van der Waals surface area contributed by atoms with Crippen LogP contribution in [0.1, 0.15) is 53.2 Å². The normalized spacial score (nSPS) is 19.8. The average Bonchev–Trinajstić information content (AvgIpc) is 3.10. The number of aliphatic imine (C=N–C) groups is 1. The number of allylic oxidation sites excluding steroid dienone is 1. The molecule has 1 fully saturated rings. The minimum absolute atomic E-state index is 0.0309. The quantitative estimate of drug-likeness (QED) is 0.432. The molecule has 0 bridgehead atoms. The summed E-state index contributed by atoms with van der Waals surface area (Å²) in [5, 5.41) is 6.26. The van der Waals surface area contributed by atoms with Crippen molar-refractivity contribution < 1.29 is 13.9 Å². The lowest BCUT2D eigenvalue weighted by Crippen LogP contribution is -2.37. The molecule has 33 heavy (non-hydrogen) atoms. The summed E-state index contributed by atoms with van der Waals surface area (Å²) in [6.07, 6.45) is 5.27. The van der Waals surface area contributed by atoms with Crippen molar-refractivity contribution >= 4 is 28.8 Å². The van der Waals surface area contributed by atoms with Gasteiger partial charge < -0.3 is 15.4 Å². The van der Waals surface area contributed by atoms with Gasteiger partial charge in [-0.1, -0.05) is 18.6 Å². The fourth-order valence-electron chi connectivity index (χ4n) is 3.90. The van der Waals surface area contributed by atoms with Crippen molar-refractivity contribution in [3.63, 3.8) is 0 Å². The highest BCUT2D eigenvalue weighted by molar-refractivity contribution is 6.38. The number of aromatic nitrogens is 2. The van der Waals surface area contributed by atoms with Crippen LogP contribution in [0.5, 0.6) is 5.75 Å². The molecule has 1 amide bonds. The highest BCUT2D eigenvalue weighted by Gasteiger charge is 2.27. The second kappa shape index (κ2) is 10.6. The Morgan fingerprint density at radius 2 is 2.09 bits per heavy atom. The Morgan fingerprint density at radius 1 is 1.33 bits per heavy atom. The van der Waals surface area contributed by atoms with Crippen molar-refractivity contribution in [2.75, 3.05) is 5.32 Å². The molecule has 1 aliphatic rings. The van der Waals surface area contributed by atoms with Gasteiger partial charge >= 0.3 is 0 Å². The van der Waals surface area contributed by atoms with E-state index in [9.17, 15) is 9.18 Å². The molecule has 0 radical (unpaired) electrons. The first kappa shape index (κ1) is 24.4. The van der Waals surface area contributed by atoms with Crippen LogP contribution >= 0.6 is 0 Å². The molecule has 2 unspecified atom stereocenters. The molecule has 8 heteroatoms. The van der Waals surface area contributed by atoms with Crippen molar-refractivity contribution in [1.82, 2.24) is 15.3 Å². The van der Waals surface area contributed by atoms with Gasteiger partial charge in [0.25, 0.3) is 5.91 Å². The number of carbonyl (C=O) groups excluding carboxylic acids is 1. The summed E-state index contributed by atoms with van der Waals surface area (Å²) in [4.78, 5) is 26.0. The monoisotopic (exact) mass is 453 g/mol. The average molecular weight is 454 g/mol. The van der Waals surface area contributed by atoms with Gasteiger partial charge in [-0.25, -0.2) is 19.4 Å². The van der Waals surface area contributed by atoms with E-state index in [1.54, 1.807) is 19.9 Å². The summed E-state index contributed by atoms with van der Waals surface area (Å²) in [6.45, 7) is 11.4. The summed E-state index contributed by atoms with van der Waals surface area (Å²) in [5.41, 5.74) is 3.15. The van der Waals surface area contributed by atoms with E-state index < -0.39 is 5.82 Å². The Hall–Kier alpha value is -3.29. The maximum atomic E-state index is 13.8. The zero-order valence-corrected chi connectivity index (χ0v) is 20.1. The molecular weight excluding hydrogens is 421 g/mol. The summed E-state index contributed by atoms with van der Waals surface area (Å²) in [7, 11) is 0.